The van der Waals surface area contributed by atoms with Crippen molar-refractivity contribution in [3.63, 3.8) is 0 Å². The average molecular weight is 247 g/mol. The van der Waals surface area contributed by atoms with Crippen LogP contribution in [0.4, 0.5) is 0 Å². The summed E-state index contributed by atoms with van der Waals surface area (Å²) in [5.41, 5.74) is 2.59. The van der Waals surface area contributed by atoms with Crippen LogP contribution in [0.1, 0.15) is 34.1 Å². The van der Waals surface area contributed by atoms with Crippen LogP contribution in [-0.2, 0) is 6.54 Å². The SMILES string of the molecule is Cc1ccc([C@H](C)NCc2nnc(C)s2)cc1. The first-order valence-electron chi connectivity index (χ1n) is 5.74. The summed E-state index contributed by atoms with van der Waals surface area (Å²) in [4.78, 5) is 0. The number of nitrogens with one attached hydrogen (secondary N) is 1. The molecule has 17 heavy (non-hydrogen) atoms. The van der Waals surface area contributed by atoms with E-state index in [2.05, 4.69) is 53.6 Å². The van der Waals surface area contributed by atoms with Gasteiger partial charge in [-0.15, -0.1) is 21.5 Å². The maximum atomic E-state index is 4.10. The highest BCUT2D eigenvalue weighted by atomic mass is 32.1. The molecule has 0 aliphatic heterocycles. The van der Waals surface area contributed by atoms with Crippen molar-refractivity contribution < 1.29 is 0 Å². The molecule has 2 rings (SSSR count). The first-order chi connectivity index (χ1) is 8.15. The van der Waals surface area contributed by atoms with Gasteiger partial charge in [-0.2, -0.15) is 0 Å². The quantitative estimate of drug-likeness (QED) is 0.902. The number of benzene rings is 1. The van der Waals surface area contributed by atoms with E-state index in [0.29, 0.717) is 6.04 Å². The molecule has 1 N–H and O–H groups in total. The zero-order chi connectivity index (χ0) is 12.3. The second-order valence-corrected chi connectivity index (χ2v) is 5.49. The standard InChI is InChI=1S/C13H17N3S/c1-9-4-6-12(7-5-9)10(2)14-8-13-16-15-11(3)17-13/h4-7,10,14H,8H2,1-3H3/t10-/m0/s1. The number of hydrogen-bond acceptors (Lipinski definition) is 4. The fraction of sp³-hybridized carbons (Fsp3) is 0.385. The zero-order valence-electron chi connectivity index (χ0n) is 10.4. The molecule has 0 aliphatic rings. The Labute approximate surface area is 106 Å². The minimum Gasteiger partial charge on any atom is -0.304 e. The van der Waals surface area contributed by atoms with Crippen LogP contribution in [-0.4, -0.2) is 10.2 Å². The minimum absolute atomic E-state index is 0.333. The van der Waals surface area contributed by atoms with Gasteiger partial charge in [0.1, 0.15) is 10.0 Å². The van der Waals surface area contributed by atoms with Crippen molar-refractivity contribution in [1.29, 1.82) is 0 Å². The fourth-order valence-corrected chi connectivity index (χ4v) is 2.28. The molecule has 1 atom stereocenters. The van der Waals surface area contributed by atoms with Crippen LogP contribution < -0.4 is 5.32 Å². The van der Waals surface area contributed by atoms with Gasteiger partial charge in [-0.25, -0.2) is 0 Å². The maximum Gasteiger partial charge on any atom is 0.131 e. The topological polar surface area (TPSA) is 37.8 Å². The molecule has 90 valence electrons. The third-order valence-corrected chi connectivity index (χ3v) is 3.54. The number of rotatable bonds is 4. The molecule has 0 saturated heterocycles. The van der Waals surface area contributed by atoms with Crippen molar-refractivity contribution in [3.05, 3.63) is 45.4 Å². The molecule has 0 amide bonds. The summed E-state index contributed by atoms with van der Waals surface area (Å²) >= 11 is 1.64. The lowest BCUT2D eigenvalue weighted by atomic mass is 10.1. The van der Waals surface area contributed by atoms with Crippen molar-refractivity contribution in [2.75, 3.05) is 0 Å². The van der Waals surface area contributed by atoms with Gasteiger partial charge >= 0.3 is 0 Å². The van der Waals surface area contributed by atoms with Crippen LogP contribution >= 0.6 is 11.3 Å². The van der Waals surface area contributed by atoms with Gasteiger partial charge in [0.15, 0.2) is 0 Å². The Kier molecular flexibility index (Phi) is 3.86. The molecule has 0 aliphatic carbocycles. The van der Waals surface area contributed by atoms with E-state index >= 15 is 0 Å². The summed E-state index contributed by atoms with van der Waals surface area (Å²) in [5, 5.41) is 13.6. The van der Waals surface area contributed by atoms with Crippen LogP contribution in [0.3, 0.4) is 0 Å². The minimum atomic E-state index is 0.333. The Morgan fingerprint density at radius 1 is 1.18 bits per heavy atom. The lowest BCUT2D eigenvalue weighted by Gasteiger charge is -2.13. The molecule has 1 heterocycles. The van der Waals surface area contributed by atoms with Gasteiger partial charge in [0, 0.05) is 6.04 Å². The number of hydrogen-bond donors (Lipinski definition) is 1. The van der Waals surface area contributed by atoms with E-state index in [1.54, 1.807) is 11.3 Å². The molecular weight excluding hydrogens is 230 g/mol. The molecule has 0 unspecified atom stereocenters. The molecule has 1 aromatic heterocycles. The first-order valence-corrected chi connectivity index (χ1v) is 6.56. The van der Waals surface area contributed by atoms with E-state index in [-0.39, 0.29) is 0 Å². The van der Waals surface area contributed by atoms with Crippen LogP contribution in [0.15, 0.2) is 24.3 Å². The van der Waals surface area contributed by atoms with Crippen molar-refractivity contribution in [1.82, 2.24) is 15.5 Å². The molecule has 0 radical (unpaired) electrons. The highest BCUT2D eigenvalue weighted by molar-refractivity contribution is 7.11. The predicted molar refractivity (Wildman–Crippen MR) is 71.1 cm³/mol. The third-order valence-electron chi connectivity index (χ3n) is 2.70. The monoisotopic (exact) mass is 247 g/mol. The smallest absolute Gasteiger partial charge is 0.131 e. The molecule has 1 aromatic carbocycles. The van der Waals surface area contributed by atoms with Crippen LogP contribution in [0.2, 0.25) is 0 Å². The molecule has 2 aromatic rings. The third kappa shape index (κ3) is 3.35. The summed E-state index contributed by atoms with van der Waals surface area (Å²) in [6, 6.07) is 8.95. The van der Waals surface area contributed by atoms with Gasteiger partial charge in [-0.3, -0.25) is 0 Å². The molecule has 0 fully saturated rings. The Balaban J connectivity index is 1.93. The van der Waals surface area contributed by atoms with Gasteiger partial charge in [0.05, 0.1) is 6.54 Å². The summed E-state index contributed by atoms with van der Waals surface area (Å²) in [6.07, 6.45) is 0. The van der Waals surface area contributed by atoms with Gasteiger partial charge in [0.25, 0.3) is 0 Å². The van der Waals surface area contributed by atoms with E-state index in [0.717, 1.165) is 16.6 Å². The highest BCUT2D eigenvalue weighted by Gasteiger charge is 2.06. The summed E-state index contributed by atoms with van der Waals surface area (Å²) < 4.78 is 0. The largest absolute Gasteiger partial charge is 0.304 e. The second-order valence-electron chi connectivity index (χ2n) is 4.23. The molecule has 4 heteroatoms. The molecule has 0 spiro atoms. The Morgan fingerprint density at radius 3 is 2.47 bits per heavy atom. The van der Waals surface area contributed by atoms with E-state index < -0.39 is 0 Å². The first kappa shape index (κ1) is 12.2. The van der Waals surface area contributed by atoms with Gasteiger partial charge in [-0.05, 0) is 26.3 Å². The lowest BCUT2D eigenvalue weighted by Crippen LogP contribution is -2.17. The molecule has 0 saturated carbocycles. The van der Waals surface area contributed by atoms with Crippen LogP contribution in [0.25, 0.3) is 0 Å². The Morgan fingerprint density at radius 2 is 1.88 bits per heavy atom. The second kappa shape index (κ2) is 5.38. The molecular formula is C13H17N3S. The van der Waals surface area contributed by atoms with Gasteiger partial charge in [0.2, 0.25) is 0 Å². The van der Waals surface area contributed by atoms with Gasteiger partial charge < -0.3 is 5.32 Å². The van der Waals surface area contributed by atoms with Gasteiger partial charge in [-0.1, -0.05) is 29.8 Å². The predicted octanol–water partition coefficient (Wildman–Crippen LogP) is 3.01. The molecule has 3 nitrogen and oxygen atoms in total. The summed E-state index contributed by atoms with van der Waals surface area (Å²) in [5.74, 6) is 0. The van der Waals surface area contributed by atoms with E-state index in [1.807, 2.05) is 6.92 Å². The number of nitrogens with zero attached hydrogens (tertiary/aromatic N) is 2. The number of aryl methyl sites for hydroxylation is 2. The highest BCUT2D eigenvalue weighted by Crippen LogP contribution is 2.15. The van der Waals surface area contributed by atoms with E-state index in [4.69, 9.17) is 0 Å². The van der Waals surface area contributed by atoms with Crippen molar-refractivity contribution in [2.24, 2.45) is 0 Å². The van der Waals surface area contributed by atoms with E-state index in [1.165, 1.54) is 11.1 Å². The van der Waals surface area contributed by atoms with Crippen LogP contribution in [0, 0.1) is 13.8 Å². The van der Waals surface area contributed by atoms with Crippen molar-refractivity contribution >= 4 is 11.3 Å². The fourth-order valence-electron chi connectivity index (χ4n) is 1.62. The Bertz CT molecular complexity index is 476. The summed E-state index contributed by atoms with van der Waals surface area (Å²) in [6.45, 7) is 7.02. The average Bonchev–Trinajstić information content (AvgIpc) is 2.73. The number of aromatic nitrogens is 2. The summed E-state index contributed by atoms with van der Waals surface area (Å²) in [7, 11) is 0. The zero-order valence-corrected chi connectivity index (χ0v) is 11.2. The van der Waals surface area contributed by atoms with E-state index in [9.17, 15) is 0 Å². The maximum absolute atomic E-state index is 4.10. The Hall–Kier alpha value is -1.26. The lowest BCUT2D eigenvalue weighted by molar-refractivity contribution is 0.571. The van der Waals surface area contributed by atoms with Crippen molar-refractivity contribution in [3.8, 4) is 0 Å². The van der Waals surface area contributed by atoms with Crippen molar-refractivity contribution in [2.45, 2.75) is 33.4 Å². The molecule has 0 bridgehead atoms. The van der Waals surface area contributed by atoms with Crippen LogP contribution in [0.5, 0.6) is 0 Å². The normalized spacial score (nSPS) is 12.6.